The fourth-order valence-corrected chi connectivity index (χ4v) is 2.08. The predicted molar refractivity (Wildman–Crippen MR) is 55.3 cm³/mol. The third-order valence-corrected chi connectivity index (χ3v) is 3.10. The fraction of sp³-hybridized carbons (Fsp3) is 0.556. The first kappa shape index (κ1) is 11.4. The molecule has 88 valence electrons. The number of alkyl halides is 2. The van der Waals surface area contributed by atoms with Crippen molar-refractivity contribution in [2.75, 3.05) is 6.54 Å². The molecule has 0 radical (unpaired) electrons. The number of hydrogen-bond acceptors (Lipinski definition) is 4. The van der Waals surface area contributed by atoms with Crippen molar-refractivity contribution in [2.45, 2.75) is 24.9 Å². The Morgan fingerprint density at radius 3 is 3.12 bits per heavy atom. The van der Waals surface area contributed by atoms with Crippen molar-refractivity contribution in [3.8, 4) is 0 Å². The Bertz CT molecular complexity index is 369. The highest BCUT2D eigenvalue weighted by Gasteiger charge is 2.42. The third-order valence-electron chi connectivity index (χ3n) is 2.32. The summed E-state index contributed by atoms with van der Waals surface area (Å²) in [4.78, 5) is 15.5. The number of rotatable bonds is 3. The van der Waals surface area contributed by atoms with Crippen LogP contribution in [0.5, 0.6) is 0 Å². The van der Waals surface area contributed by atoms with Crippen LogP contribution in [0.1, 0.15) is 11.4 Å². The third kappa shape index (κ3) is 2.73. The SMILES string of the molecule is O=C(NCc1nccs1)C1CC(F)(F)CN1. The van der Waals surface area contributed by atoms with Gasteiger partial charge in [-0.25, -0.2) is 13.8 Å². The summed E-state index contributed by atoms with van der Waals surface area (Å²) in [5, 5.41) is 7.63. The average Bonchev–Trinajstić information content (AvgIpc) is 2.83. The molecule has 4 nitrogen and oxygen atoms in total. The summed E-state index contributed by atoms with van der Waals surface area (Å²) in [5.41, 5.74) is 0. The fourth-order valence-electron chi connectivity index (χ4n) is 1.53. The molecule has 1 fully saturated rings. The van der Waals surface area contributed by atoms with Crippen LogP contribution in [0.2, 0.25) is 0 Å². The monoisotopic (exact) mass is 247 g/mol. The molecule has 0 bridgehead atoms. The van der Waals surface area contributed by atoms with E-state index in [0.29, 0.717) is 6.54 Å². The first-order valence-electron chi connectivity index (χ1n) is 4.84. The van der Waals surface area contributed by atoms with Crippen LogP contribution in [-0.2, 0) is 11.3 Å². The molecule has 1 saturated heterocycles. The summed E-state index contributed by atoms with van der Waals surface area (Å²) in [7, 11) is 0. The van der Waals surface area contributed by atoms with Gasteiger partial charge in [0.1, 0.15) is 5.01 Å². The van der Waals surface area contributed by atoms with E-state index >= 15 is 0 Å². The number of carbonyl (C=O) groups excluding carboxylic acids is 1. The first-order valence-corrected chi connectivity index (χ1v) is 5.72. The van der Waals surface area contributed by atoms with Crippen molar-refractivity contribution in [1.82, 2.24) is 15.6 Å². The number of aromatic nitrogens is 1. The van der Waals surface area contributed by atoms with E-state index in [1.54, 1.807) is 11.6 Å². The molecule has 2 rings (SSSR count). The van der Waals surface area contributed by atoms with Gasteiger partial charge in [0.2, 0.25) is 5.91 Å². The Morgan fingerprint density at radius 2 is 2.56 bits per heavy atom. The number of halogens is 2. The largest absolute Gasteiger partial charge is 0.348 e. The lowest BCUT2D eigenvalue weighted by Crippen LogP contribution is -2.39. The summed E-state index contributed by atoms with van der Waals surface area (Å²) in [6, 6.07) is -0.796. The van der Waals surface area contributed by atoms with Crippen molar-refractivity contribution in [1.29, 1.82) is 0 Å². The summed E-state index contributed by atoms with van der Waals surface area (Å²) in [5.74, 6) is -3.17. The van der Waals surface area contributed by atoms with Crippen LogP contribution in [0.25, 0.3) is 0 Å². The molecule has 1 amide bonds. The molecular formula is C9H11F2N3OS. The molecule has 0 saturated carbocycles. The van der Waals surface area contributed by atoms with Crippen molar-refractivity contribution < 1.29 is 13.6 Å². The minimum Gasteiger partial charge on any atom is -0.348 e. The highest BCUT2D eigenvalue weighted by atomic mass is 32.1. The Balaban J connectivity index is 1.81. The van der Waals surface area contributed by atoms with E-state index < -0.39 is 30.8 Å². The number of carbonyl (C=O) groups is 1. The maximum absolute atomic E-state index is 12.8. The minimum atomic E-state index is -2.77. The van der Waals surface area contributed by atoms with E-state index in [2.05, 4.69) is 15.6 Å². The van der Waals surface area contributed by atoms with Gasteiger partial charge in [0.25, 0.3) is 5.92 Å². The second kappa shape index (κ2) is 4.42. The Kier molecular flexibility index (Phi) is 3.15. The maximum atomic E-state index is 12.8. The molecule has 0 aromatic carbocycles. The molecule has 2 N–H and O–H groups in total. The zero-order valence-corrected chi connectivity index (χ0v) is 9.19. The Labute approximate surface area is 95.1 Å². The van der Waals surface area contributed by atoms with Crippen LogP contribution in [0.4, 0.5) is 8.78 Å². The van der Waals surface area contributed by atoms with Gasteiger partial charge in [-0.1, -0.05) is 0 Å². The molecule has 1 unspecified atom stereocenters. The topological polar surface area (TPSA) is 54.0 Å². The number of hydrogen-bond donors (Lipinski definition) is 2. The van der Waals surface area contributed by atoms with Gasteiger partial charge in [-0.3, -0.25) is 10.1 Å². The van der Waals surface area contributed by atoms with Crippen LogP contribution >= 0.6 is 11.3 Å². The van der Waals surface area contributed by atoms with Gasteiger partial charge in [0.15, 0.2) is 0 Å². The molecule has 2 heterocycles. The summed E-state index contributed by atoms with van der Waals surface area (Å²) >= 11 is 1.41. The number of thiazole rings is 1. The van der Waals surface area contributed by atoms with Crippen LogP contribution in [-0.4, -0.2) is 29.4 Å². The summed E-state index contributed by atoms with van der Waals surface area (Å²) in [6.07, 6.45) is 1.20. The standard InChI is InChI=1S/C9H11F2N3OS/c10-9(11)3-6(14-5-9)8(15)13-4-7-12-1-2-16-7/h1-2,6,14H,3-5H2,(H,13,15). The Hall–Kier alpha value is -1.08. The van der Waals surface area contributed by atoms with Crippen molar-refractivity contribution in [2.24, 2.45) is 0 Å². The Morgan fingerprint density at radius 1 is 1.75 bits per heavy atom. The molecule has 1 atom stereocenters. The zero-order chi connectivity index (χ0) is 11.6. The smallest absolute Gasteiger partial charge is 0.262 e. The van der Waals surface area contributed by atoms with Crippen LogP contribution in [0, 0.1) is 0 Å². The quantitative estimate of drug-likeness (QED) is 0.829. The van der Waals surface area contributed by atoms with Gasteiger partial charge >= 0.3 is 0 Å². The molecular weight excluding hydrogens is 236 g/mol. The van der Waals surface area contributed by atoms with E-state index in [1.165, 1.54) is 11.3 Å². The molecule has 7 heteroatoms. The lowest BCUT2D eigenvalue weighted by Gasteiger charge is -2.09. The number of nitrogens with zero attached hydrogens (tertiary/aromatic N) is 1. The van der Waals surface area contributed by atoms with Crippen LogP contribution < -0.4 is 10.6 Å². The van der Waals surface area contributed by atoms with Gasteiger partial charge < -0.3 is 5.32 Å². The van der Waals surface area contributed by atoms with E-state index in [4.69, 9.17) is 0 Å². The van der Waals surface area contributed by atoms with Gasteiger partial charge in [-0.15, -0.1) is 11.3 Å². The molecule has 1 aliphatic heterocycles. The highest BCUT2D eigenvalue weighted by Crippen LogP contribution is 2.25. The molecule has 0 spiro atoms. The van der Waals surface area contributed by atoms with E-state index in [9.17, 15) is 13.6 Å². The zero-order valence-electron chi connectivity index (χ0n) is 8.37. The molecule has 1 aliphatic rings. The summed E-state index contributed by atoms with van der Waals surface area (Å²) in [6.45, 7) is -0.136. The molecule has 1 aromatic heterocycles. The minimum absolute atomic E-state index is 0.292. The van der Waals surface area contributed by atoms with Crippen molar-refractivity contribution in [3.63, 3.8) is 0 Å². The van der Waals surface area contributed by atoms with Crippen molar-refractivity contribution in [3.05, 3.63) is 16.6 Å². The van der Waals surface area contributed by atoms with E-state index in [1.807, 2.05) is 0 Å². The van der Waals surface area contributed by atoms with Gasteiger partial charge in [-0.2, -0.15) is 0 Å². The lowest BCUT2D eigenvalue weighted by atomic mass is 10.2. The van der Waals surface area contributed by atoms with Crippen LogP contribution in [0.3, 0.4) is 0 Å². The number of nitrogens with one attached hydrogen (secondary N) is 2. The normalized spacial score (nSPS) is 23.2. The summed E-state index contributed by atoms with van der Waals surface area (Å²) < 4.78 is 25.6. The van der Waals surface area contributed by atoms with Crippen LogP contribution in [0.15, 0.2) is 11.6 Å². The first-order chi connectivity index (χ1) is 7.57. The second-order valence-electron chi connectivity index (χ2n) is 3.64. The van der Waals surface area contributed by atoms with Gasteiger partial charge in [-0.05, 0) is 0 Å². The molecule has 16 heavy (non-hydrogen) atoms. The van der Waals surface area contributed by atoms with Crippen molar-refractivity contribution >= 4 is 17.2 Å². The second-order valence-corrected chi connectivity index (χ2v) is 4.62. The van der Waals surface area contributed by atoms with Gasteiger partial charge in [0.05, 0.1) is 19.1 Å². The maximum Gasteiger partial charge on any atom is 0.262 e. The average molecular weight is 247 g/mol. The van der Waals surface area contributed by atoms with E-state index in [-0.39, 0.29) is 0 Å². The molecule has 0 aliphatic carbocycles. The number of amides is 1. The van der Waals surface area contributed by atoms with Gasteiger partial charge in [0, 0.05) is 18.0 Å². The lowest BCUT2D eigenvalue weighted by molar-refractivity contribution is -0.123. The van der Waals surface area contributed by atoms with E-state index in [0.717, 1.165) is 5.01 Å². The molecule has 1 aromatic rings. The highest BCUT2D eigenvalue weighted by molar-refractivity contribution is 7.09. The predicted octanol–water partition coefficient (Wildman–Crippen LogP) is 0.756.